The molecule has 0 saturated heterocycles. The number of phenols is 1. The van der Waals surface area contributed by atoms with Gasteiger partial charge in [0.2, 0.25) is 11.6 Å². The van der Waals surface area contributed by atoms with E-state index in [1.165, 1.54) is 6.07 Å². The molecule has 1 fully saturated rings. The predicted molar refractivity (Wildman–Crippen MR) is 120 cm³/mol. The minimum atomic E-state index is -2.82. The molecule has 182 valence electrons. The number of fused-ring (bicyclic) bond motifs is 3. The van der Waals surface area contributed by atoms with Crippen LogP contribution in [0.25, 0.3) is 5.76 Å². The molecule has 11 nitrogen and oxygen atoms in total. The van der Waals surface area contributed by atoms with Crippen LogP contribution in [0.4, 0.5) is 5.69 Å². The first kappa shape index (κ1) is 23.7. The van der Waals surface area contributed by atoms with E-state index in [9.17, 15) is 40.0 Å². The first-order valence-electron chi connectivity index (χ1n) is 10.7. The molecule has 11 heteroatoms. The molecule has 3 aliphatic rings. The van der Waals surface area contributed by atoms with E-state index in [2.05, 4.69) is 0 Å². The number of hydroxylamine groups is 3. The molecule has 0 unspecified atom stereocenters. The Morgan fingerprint density at radius 1 is 1.21 bits per heavy atom. The van der Waals surface area contributed by atoms with Crippen LogP contribution in [0.1, 0.15) is 17.5 Å². The molecule has 1 saturated carbocycles. The van der Waals surface area contributed by atoms with Gasteiger partial charge >= 0.3 is 0 Å². The third-order valence-electron chi connectivity index (χ3n) is 7.17. The number of hydrogen-bond donors (Lipinski definition) is 5. The van der Waals surface area contributed by atoms with Crippen LogP contribution in [-0.2, 0) is 20.8 Å². The zero-order valence-electron chi connectivity index (χ0n) is 19.2. The number of phenolic OH excluding ortho intramolecular Hbond substituents is 1. The summed E-state index contributed by atoms with van der Waals surface area (Å²) in [6, 6.07) is 1.42. The van der Waals surface area contributed by atoms with Crippen molar-refractivity contribution >= 4 is 28.9 Å². The SMILES string of the molecule is CN(C)c1ccc(O)c2c1C[C@H]1C[C@H]3[C@H]([N+](C)(C)[O-])C(=O)C(C(N)=O)=C(O)[C@@]3(O)C(=O)C1=C2O. The minimum Gasteiger partial charge on any atom is -0.633 e. The highest BCUT2D eigenvalue weighted by Gasteiger charge is 2.66. The summed E-state index contributed by atoms with van der Waals surface area (Å²) in [7, 11) is 5.82. The second kappa shape index (κ2) is 7.29. The molecule has 34 heavy (non-hydrogen) atoms. The van der Waals surface area contributed by atoms with Crippen LogP contribution in [0.5, 0.6) is 5.75 Å². The van der Waals surface area contributed by atoms with E-state index in [1.54, 1.807) is 25.1 Å². The van der Waals surface area contributed by atoms with Gasteiger partial charge in [0.15, 0.2) is 11.6 Å². The Hall–Kier alpha value is -3.41. The molecule has 1 aromatic rings. The third kappa shape index (κ3) is 2.97. The van der Waals surface area contributed by atoms with E-state index in [-0.39, 0.29) is 29.7 Å². The summed E-state index contributed by atoms with van der Waals surface area (Å²) in [6.07, 6.45) is 0.0370. The van der Waals surface area contributed by atoms with E-state index in [4.69, 9.17) is 5.73 Å². The van der Waals surface area contributed by atoms with Crippen LogP contribution in [0.2, 0.25) is 0 Å². The molecule has 0 spiro atoms. The van der Waals surface area contributed by atoms with Gasteiger partial charge in [-0.05, 0) is 36.5 Å². The number of rotatable bonds is 3. The smallest absolute Gasteiger partial charge is 0.256 e. The highest BCUT2D eigenvalue weighted by molar-refractivity contribution is 6.24. The average molecular weight is 473 g/mol. The van der Waals surface area contributed by atoms with Crippen molar-refractivity contribution in [3.8, 4) is 5.75 Å². The number of quaternary nitrogens is 1. The number of likely N-dealkylation sites (N-methyl/N-ethyl adjacent to an activating group) is 1. The van der Waals surface area contributed by atoms with Crippen molar-refractivity contribution in [3.63, 3.8) is 0 Å². The van der Waals surface area contributed by atoms with Crippen molar-refractivity contribution in [2.45, 2.75) is 24.5 Å². The van der Waals surface area contributed by atoms with E-state index >= 15 is 0 Å². The highest BCUT2D eigenvalue weighted by atomic mass is 16.5. The normalized spacial score (nSPS) is 28.9. The molecule has 0 bridgehead atoms. The first-order valence-corrected chi connectivity index (χ1v) is 10.7. The number of primary amides is 1. The fourth-order valence-electron chi connectivity index (χ4n) is 5.77. The van der Waals surface area contributed by atoms with E-state index in [0.29, 0.717) is 11.3 Å². The maximum absolute atomic E-state index is 13.7. The van der Waals surface area contributed by atoms with Crippen LogP contribution in [0.3, 0.4) is 0 Å². The predicted octanol–water partition coefficient (Wildman–Crippen LogP) is 0.0426. The molecular weight excluding hydrogens is 446 g/mol. The lowest BCUT2D eigenvalue weighted by Gasteiger charge is -2.53. The monoisotopic (exact) mass is 473 g/mol. The summed E-state index contributed by atoms with van der Waals surface area (Å²) in [5.41, 5.74) is 2.44. The van der Waals surface area contributed by atoms with Gasteiger partial charge in [-0.3, -0.25) is 14.4 Å². The van der Waals surface area contributed by atoms with Crippen molar-refractivity contribution in [2.24, 2.45) is 17.6 Å². The van der Waals surface area contributed by atoms with Crippen LogP contribution in [0, 0.1) is 17.0 Å². The number of amides is 1. The lowest BCUT2D eigenvalue weighted by molar-refractivity contribution is -0.862. The number of benzene rings is 1. The molecule has 4 rings (SSSR count). The molecule has 0 aromatic heterocycles. The Morgan fingerprint density at radius 2 is 1.82 bits per heavy atom. The zero-order chi connectivity index (χ0) is 25.5. The average Bonchev–Trinajstić information content (AvgIpc) is 2.69. The van der Waals surface area contributed by atoms with Crippen LogP contribution >= 0.6 is 0 Å². The van der Waals surface area contributed by atoms with E-state index < -0.39 is 62.7 Å². The maximum Gasteiger partial charge on any atom is 0.256 e. The Bertz CT molecular complexity index is 1210. The lowest BCUT2D eigenvalue weighted by Crippen LogP contribution is -2.68. The summed E-state index contributed by atoms with van der Waals surface area (Å²) < 4.78 is -1.28. The highest BCUT2D eigenvalue weighted by Crippen LogP contribution is 2.54. The van der Waals surface area contributed by atoms with Gasteiger partial charge < -0.3 is 40.9 Å². The molecule has 0 radical (unpaired) electrons. The summed E-state index contributed by atoms with van der Waals surface area (Å²) >= 11 is 0. The van der Waals surface area contributed by atoms with Gasteiger partial charge in [-0.25, -0.2) is 0 Å². The van der Waals surface area contributed by atoms with E-state index in [0.717, 1.165) is 14.1 Å². The van der Waals surface area contributed by atoms with Gasteiger partial charge in [0.1, 0.15) is 22.8 Å². The summed E-state index contributed by atoms with van der Waals surface area (Å²) in [5.74, 6) is -7.76. The third-order valence-corrected chi connectivity index (χ3v) is 7.17. The maximum atomic E-state index is 13.7. The molecule has 1 amide bonds. The topological polar surface area (TPSA) is 184 Å². The lowest BCUT2D eigenvalue weighted by atomic mass is 9.57. The Kier molecular flexibility index (Phi) is 5.09. The number of Topliss-reactive ketones (excluding diaryl/α,β-unsaturated/α-hetero) is 2. The van der Waals surface area contributed by atoms with Gasteiger partial charge in [-0.1, -0.05) is 0 Å². The van der Waals surface area contributed by atoms with Gasteiger partial charge in [0.25, 0.3) is 5.91 Å². The molecule has 3 aliphatic carbocycles. The van der Waals surface area contributed by atoms with Crippen molar-refractivity contribution in [1.82, 2.24) is 0 Å². The van der Waals surface area contributed by atoms with E-state index in [1.807, 2.05) is 0 Å². The van der Waals surface area contributed by atoms with Crippen LogP contribution in [-0.4, -0.2) is 82.4 Å². The van der Waals surface area contributed by atoms with Gasteiger partial charge in [-0.15, -0.1) is 0 Å². The van der Waals surface area contributed by atoms with Crippen molar-refractivity contribution in [3.05, 3.63) is 45.4 Å². The largest absolute Gasteiger partial charge is 0.633 e. The fraction of sp³-hybridized carbons (Fsp3) is 0.435. The van der Waals surface area contributed by atoms with Crippen molar-refractivity contribution in [2.75, 3.05) is 33.1 Å². The summed E-state index contributed by atoms with van der Waals surface area (Å²) in [4.78, 5) is 40.5. The Balaban J connectivity index is 2.01. The quantitative estimate of drug-likeness (QED) is 0.230. The molecule has 6 N–H and O–H groups in total. The minimum absolute atomic E-state index is 0.0230. The number of aromatic hydroxyl groups is 1. The van der Waals surface area contributed by atoms with Gasteiger partial charge in [0, 0.05) is 25.4 Å². The molecule has 4 atom stereocenters. The number of carbonyl (C=O) groups is 3. The number of anilines is 1. The molecule has 0 aliphatic heterocycles. The number of carbonyl (C=O) groups excluding carboxylic acids is 3. The Labute approximate surface area is 195 Å². The molecule has 1 aromatic carbocycles. The second-order valence-electron chi connectivity index (χ2n) is 9.78. The number of ketones is 2. The van der Waals surface area contributed by atoms with Crippen LogP contribution in [0.15, 0.2) is 29.0 Å². The molecule has 0 heterocycles. The second-order valence-corrected chi connectivity index (χ2v) is 9.78. The number of hydrogen-bond acceptors (Lipinski definition) is 9. The number of aliphatic hydroxyl groups excluding tert-OH is 2. The van der Waals surface area contributed by atoms with Gasteiger partial charge in [0.05, 0.1) is 25.6 Å². The fourth-order valence-corrected chi connectivity index (χ4v) is 5.77. The number of nitrogens with zero attached hydrogens (tertiary/aromatic N) is 2. The first-order chi connectivity index (χ1) is 15.6. The Morgan fingerprint density at radius 3 is 2.35 bits per heavy atom. The van der Waals surface area contributed by atoms with Crippen molar-refractivity contribution < 1.29 is 39.5 Å². The standard InChI is InChI=1S/C23H27N3O8/c1-25(2)12-5-6-13(27)15-10(12)7-9-8-11-17(26(3,4)34)19(29)16(22(24)32)21(31)23(11,33)20(30)14(9)18(15)28/h5-6,9,11,17,27-28,31,33H,7-8H2,1-4H3,(H2,24,32)/t9-,11-,17-,23-/m0/s1. The zero-order valence-corrected chi connectivity index (χ0v) is 19.2. The number of aliphatic hydroxyl groups is 3. The van der Waals surface area contributed by atoms with Crippen LogP contribution < -0.4 is 10.6 Å². The number of nitrogens with two attached hydrogens (primary N) is 1. The van der Waals surface area contributed by atoms with Gasteiger partial charge in [-0.2, -0.15) is 0 Å². The summed E-state index contributed by atoms with van der Waals surface area (Å²) in [5, 5.41) is 56.9. The molecular formula is C23H27N3O8. The van der Waals surface area contributed by atoms with Crippen molar-refractivity contribution in [1.29, 1.82) is 0 Å². The summed E-state index contributed by atoms with van der Waals surface area (Å²) in [6.45, 7) is 0.